The van der Waals surface area contributed by atoms with E-state index in [1.165, 1.54) is 11.6 Å². The van der Waals surface area contributed by atoms with Gasteiger partial charge in [0.2, 0.25) is 0 Å². The molecular weight excluding hydrogens is 276 g/mol. The molecule has 0 unspecified atom stereocenters. The normalized spacial score (nSPS) is 11.5. The van der Waals surface area contributed by atoms with Crippen LogP contribution in [0.3, 0.4) is 0 Å². The zero-order valence-electron chi connectivity index (χ0n) is 14.2. The average Bonchev–Trinajstić information content (AvgIpc) is 2.38. The lowest BCUT2D eigenvalue weighted by molar-refractivity contribution is 0.142. The maximum absolute atomic E-state index is 9.08. The summed E-state index contributed by atoms with van der Waals surface area (Å²) in [6, 6.07) is 9.55. The van der Waals surface area contributed by atoms with Gasteiger partial charge in [0, 0.05) is 26.4 Å². The first kappa shape index (κ1) is 17.7. The lowest BCUT2D eigenvalue weighted by Gasteiger charge is -2.30. The molecule has 0 aliphatic rings. The Bertz CT molecular complexity index is 500. The SMILES string of the molecule is Cc1ccc(C#N)cc1N(COCC[Si](C)(C)C)C(C)C. The number of benzene rings is 1. The van der Waals surface area contributed by atoms with Crippen molar-refractivity contribution < 1.29 is 4.74 Å². The van der Waals surface area contributed by atoms with Crippen LogP contribution in [0.5, 0.6) is 0 Å². The van der Waals surface area contributed by atoms with Crippen LogP contribution >= 0.6 is 0 Å². The number of hydrogen-bond acceptors (Lipinski definition) is 3. The molecule has 0 bridgehead atoms. The summed E-state index contributed by atoms with van der Waals surface area (Å²) in [7, 11) is -1.05. The third-order valence-corrected chi connectivity index (χ3v) is 5.20. The summed E-state index contributed by atoms with van der Waals surface area (Å²) < 4.78 is 5.89. The highest BCUT2D eigenvalue weighted by Crippen LogP contribution is 2.23. The Balaban J connectivity index is 2.76. The molecular formula is C17H28N2OSi. The van der Waals surface area contributed by atoms with Gasteiger partial charge in [-0.3, -0.25) is 0 Å². The van der Waals surface area contributed by atoms with Gasteiger partial charge in [0.25, 0.3) is 0 Å². The summed E-state index contributed by atoms with van der Waals surface area (Å²) in [5.41, 5.74) is 2.97. The fraction of sp³-hybridized carbons (Fsp3) is 0.588. The number of nitriles is 1. The maximum Gasteiger partial charge on any atom is 0.119 e. The Morgan fingerprint density at radius 2 is 1.95 bits per heavy atom. The summed E-state index contributed by atoms with van der Waals surface area (Å²) in [6.45, 7) is 14.9. The monoisotopic (exact) mass is 304 g/mol. The molecule has 0 fully saturated rings. The van der Waals surface area contributed by atoms with Crippen LogP contribution in [0.25, 0.3) is 0 Å². The zero-order valence-corrected chi connectivity index (χ0v) is 15.2. The van der Waals surface area contributed by atoms with Crippen LogP contribution in [0.2, 0.25) is 25.7 Å². The molecule has 0 amide bonds. The van der Waals surface area contributed by atoms with Crippen LogP contribution in [0.4, 0.5) is 5.69 Å². The van der Waals surface area contributed by atoms with E-state index in [2.05, 4.69) is 51.4 Å². The van der Waals surface area contributed by atoms with Crippen molar-refractivity contribution >= 4 is 13.8 Å². The molecule has 0 saturated carbocycles. The standard InChI is InChI=1S/C17H28N2OSi/c1-14(2)19(13-20-9-10-21(4,5)6)17-11-16(12-18)8-7-15(17)3/h7-8,11,14H,9-10,13H2,1-6H3. The number of rotatable bonds is 7. The van der Waals surface area contributed by atoms with Gasteiger partial charge in [0.15, 0.2) is 0 Å². The van der Waals surface area contributed by atoms with Gasteiger partial charge in [-0.25, -0.2) is 0 Å². The second-order valence-electron chi connectivity index (χ2n) is 7.02. The van der Waals surface area contributed by atoms with Crippen LogP contribution in [0.15, 0.2) is 18.2 Å². The minimum Gasteiger partial charge on any atom is -0.361 e. The Morgan fingerprint density at radius 1 is 1.29 bits per heavy atom. The molecule has 0 N–H and O–H groups in total. The van der Waals surface area contributed by atoms with Gasteiger partial charge in [-0.1, -0.05) is 25.7 Å². The van der Waals surface area contributed by atoms with Crippen molar-refractivity contribution in [2.75, 3.05) is 18.2 Å². The lowest BCUT2D eigenvalue weighted by atomic mass is 10.1. The summed E-state index contributed by atoms with van der Waals surface area (Å²) in [5, 5.41) is 9.08. The first-order valence-electron chi connectivity index (χ1n) is 7.60. The van der Waals surface area contributed by atoms with Crippen molar-refractivity contribution in [3.8, 4) is 6.07 Å². The highest BCUT2D eigenvalue weighted by Gasteiger charge is 2.16. The molecule has 0 atom stereocenters. The van der Waals surface area contributed by atoms with E-state index in [1.807, 2.05) is 18.2 Å². The first-order valence-corrected chi connectivity index (χ1v) is 11.3. The van der Waals surface area contributed by atoms with Gasteiger partial charge in [0.05, 0.1) is 11.6 Å². The van der Waals surface area contributed by atoms with E-state index in [1.54, 1.807) is 0 Å². The summed E-state index contributed by atoms with van der Waals surface area (Å²) in [4.78, 5) is 2.22. The fourth-order valence-electron chi connectivity index (χ4n) is 2.03. The van der Waals surface area contributed by atoms with Crippen LogP contribution in [-0.4, -0.2) is 27.5 Å². The summed E-state index contributed by atoms with van der Waals surface area (Å²) in [5.74, 6) is 0. The smallest absolute Gasteiger partial charge is 0.119 e. The second kappa shape index (κ2) is 7.63. The number of aryl methyl sites for hydroxylation is 1. The molecule has 0 aliphatic carbocycles. The predicted octanol–water partition coefficient (Wildman–Crippen LogP) is 4.39. The number of ether oxygens (including phenoxy) is 1. The third-order valence-electron chi connectivity index (χ3n) is 3.50. The topological polar surface area (TPSA) is 36.3 Å². The molecule has 1 aromatic rings. The first-order chi connectivity index (χ1) is 9.74. The quantitative estimate of drug-likeness (QED) is 0.426. The second-order valence-corrected chi connectivity index (χ2v) is 12.6. The Labute approximate surface area is 130 Å². The van der Waals surface area contributed by atoms with Crippen LogP contribution in [0, 0.1) is 18.3 Å². The van der Waals surface area contributed by atoms with E-state index < -0.39 is 8.07 Å². The minimum absolute atomic E-state index is 0.338. The minimum atomic E-state index is -1.05. The zero-order chi connectivity index (χ0) is 16.0. The molecule has 0 radical (unpaired) electrons. The van der Waals surface area contributed by atoms with Crippen molar-refractivity contribution in [1.29, 1.82) is 5.26 Å². The van der Waals surface area contributed by atoms with E-state index in [0.29, 0.717) is 18.3 Å². The summed E-state index contributed by atoms with van der Waals surface area (Å²) >= 11 is 0. The molecule has 4 heteroatoms. The van der Waals surface area contributed by atoms with E-state index in [-0.39, 0.29) is 0 Å². The maximum atomic E-state index is 9.08. The predicted molar refractivity (Wildman–Crippen MR) is 92.5 cm³/mol. The van der Waals surface area contributed by atoms with Gasteiger partial charge in [0.1, 0.15) is 6.73 Å². The lowest BCUT2D eigenvalue weighted by Crippen LogP contribution is -2.34. The highest BCUT2D eigenvalue weighted by atomic mass is 28.3. The van der Waals surface area contributed by atoms with E-state index >= 15 is 0 Å². The molecule has 3 nitrogen and oxygen atoms in total. The molecule has 116 valence electrons. The highest BCUT2D eigenvalue weighted by molar-refractivity contribution is 6.76. The fourth-order valence-corrected chi connectivity index (χ4v) is 2.78. The van der Waals surface area contributed by atoms with Crippen LogP contribution in [-0.2, 0) is 4.74 Å². The van der Waals surface area contributed by atoms with Crippen molar-refractivity contribution in [3.05, 3.63) is 29.3 Å². The molecule has 0 saturated heterocycles. The van der Waals surface area contributed by atoms with Gasteiger partial charge in [-0.05, 0) is 44.5 Å². The number of hydrogen-bond donors (Lipinski definition) is 0. The van der Waals surface area contributed by atoms with Gasteiger partial charge < -0.3 is 9.64 Å². The number of anilines is 1. The third kappa shape index (κ3) is 5.90. The molecule has 0 aromatic heterocycles. The van der Waals surface area contributed by atoms with E-state index in [9.17, 15) is 0 Å². The van der Waals surface area contributed by atoms with Crippen LogP contribution in [0.1, 0.15) is 25.0 Å². The largest absolute Gasteiger partial charge is 0.361 e. The Hall–Kier alpha value is -1.31. The van der Waals surface area contributed by atoms with E-state index in [4.69, 9.17) is 10.00 Å². The van der Waals surface area contributed by atoms with E-state index in [0.717, 1.165) is 12.3 Å². The molecule has 0 heterocycles. The van der Waals surface area contributed by atoms with Gasteiger partial charge in [-0.2, -0.15) is 5.26 Å². The number of nitrogens with zero attached hydrogens (tertiary/aromatic N) is 2. The van der Waals surface area contributed by atoms with Crippen molar-refractivity contribution in [3.63, 3.8) is 0 Å². The van der Waals surface area contributed by atoms with Gasteiger partial charge >= 0.3 is 0 Å². The van der Waals surface area contributed by atoms with Crippen molar-refractivity contribution in [2.45, 2.75) is 52.5 Å². The van der Waals surface area contributed by atoms with Gasteiger partial charge in [-0.15, -0.1) is 0 Å². The molecule has 1 aromatic carbocycles. The molecule has 0 aliphatic heterocycles. The Morgan fingerprint density at radius 3 is 2.48 bits per heavy atom. The Kier molecular flexibility index (Phi) is 6.44. The molecule has 1 rings (SSSR count). The summed E-state index contributed by atoms with van der Waals surface area (Å²) in [6.07, 6.45) is 0. The van der Waals surface area contributed by atoms with Crippen molar-refractivity contribution in [2.24, 2.45) is 0 Å². The van der Waals surface area contributed by atoms with Crippen molar-refractivity contribution in [1.82, 2.24) is 0 Å². The molecule has 21 heavy (non-hydrogen) atoms. The average molecular weight is 305 g/mol. The molecule has 0 spiro atoms. The van der Waals surface area contributed by atoms with Crippen LogP contribution < -0.4 is 4.90 Å².